The maximum absolute atomic E-state index is 13.5. The van der Waals surface area contributed by atoms with Crippen molar-refractivity contribution in [2.45, 2.75) is 19.4 Å². The molecule has 0 aromatic heterocycles. The van der Waals surface area contributed by atoms with E-state index in [0.29, 0.717) is 10.6 Å². The molecule has 1 atom stereocenters. The van der Waals surface area contributed by atoms with Crippen LogP contribution in [0.4, 0.5) is 4.39 Å². The van der Waals surface area contributed by atoms with E-state index in [4.69, 9.17) is 11.6 Å². The zero-order valence-electron chi connectivity index (χ0n) is 10.4. The molecule has 100 valence electrons. The van der Waals surface area contributed by atoms with E-state index in [1.807, 2.05) is 6.92 Å². The van der Waals surface area contributed by atoms with Gasteiger partial charge in [-0.2, -0.15) is 0 Å². The summed E-state index contributed by atoms with van der Waals surface area (Å²) < 4.78 is 13.5. The first-order valence-electron chi connectivity index (χ1n) is 6.26. The topological polar surface area (TPSA) is 35.5 Å². The van der Waals surface area contributed by atoms with Gasteiger partial charge in [-0.3, -0.25) is 4.90 Å². The molecule has 0 bridgehead atoms. The smallest absolute Gasteiger partial charge is 0.166 e. The van der Waals surface area contributed by atoms with Crippen LogP contribution >= 0.6 is 11.6 Å². The van der Waals surface area contributed by atoms with Crippen LogP contribution in [0.15, 0.2) is 12.1 Å². The summed E-state index contributed by atoms with van der Waals surface area (Å²) in [7, 11) is 0. The number of hydrogen-bond acceptors (Lipinski definition) is 3. The molecule has 0 unspecified atom stereocenters. The number of phenols is 1. The number of nitrogens with zero attached hydrogens (tertiary/aromatic N) is 1. The summed E-state index contributed by atoms with van der Waals surface area (Å²) in [6, 6.07) is 2.82. The minimum atomic E-state index is -0.647. The van der Waals surface area contributed by atoms with Crippen molar-refractivity contribution in [1.29, 1.82) is 0 Å². The van der Waals surface area contributed by atoms with Crippen molar-refractivity contribution in [1.82, 2.24) is 10.2 Å². The fraction of sp³-hybridized carbons (Fsp3) is 0.538. The molecule has 0 aliphatic carbocycles. The lowest BCUT2D eigenvalue weighted by atomic mass is 10.0. The highest BCUT2D eigenvalue weighted by Gasteiger charge is 2.24. The molecule has 0 radical (unpaired) electrons. The second-order valence-corrected chi connectivity index (χ2v) is 4.97. The lowest BCUT2D eigenvalue weighted by Crippen LogP contribution is -2.45. The third kappa shape index (κ3) is 2.76. The predicted molar refractivity (Wildman–Crippen MR) is 70.5 cm³/mol. The number of benzene rings is 1. The van der Waals surface area contributed by atoms with Gasteiger partial charge in [-0.1, -0.05) is 18.5 Å². The van der Waals surface area contributed by atoms with Crippen LogP contribution in [-0.4, -0.2) is 36.2 Å². The molecule has 1 fully saturated rings. The van der Waals surface area contributed by atoms with Crippen LogP contribution in [0.3, 0.4) is 0 Å². The van der Waals surface area contributed by atoms with E-state index in [2.05, 4.69) is 10.2 Å². The van der Waals surface area contributed by atoms with Gasteiger partial charge in [0.25, 0.3) is 0 Å². The van der Waals surface area contributed by atoms with E-state index >= 15 is 0 Å². The monoisotopic (exact) mass is 272 g/mol. The molecule has 1 aliphatic heterocycles. The van der Waals surface area contributed by atoms with Gasteiger partial charge in [0.05, 0.1) is 0 Å². The summed E-state index contributed by atoms with van der Waals surface area (Å²) in [5, 5.41) is 13.5. The van der Waals surface area contributed by atoms with Crippen molar-refractivity contribution in [3.63, 3.8) is 0 Å². The number of phenolic OH excluding ortho intramolecular Hbond substituents is 1. The van der Waals surface area contributed by atoms with Gasteiger partial charge in [0.15, 0.2) is 11.6 Å². The van der Waals surface area contributed by atoms with Crippen LogP contribution in [0.1, 0.15) is 24.9 Å². The minimum absolute atomic E-state index is 0.0142. The first-order valence-corrected chi connectivity index (χ1v) is 6.64. The Morgan fingerprint density at radius 3 is 2.72 bits per heavy atom. The molecule has 0 saturated carbocycles. The number of piperazine rings is 1. The van der Waals surface area contributed by atoms with E-state index in [-0.39, 0.29) is 11.8 Å². The fourth-order valence-electron chi connectivity index (χ4n) is 2.51. The van der Waals surface area contributed by atoms with Gasteiger partial charge in [-0.15, -0.1) is 0 Å². The van der Waals surface area contributed by atoms with Crippen molar-refractivity contribution in [2.24, 2.45) is 0 Å². The maximum Gasteiger partial charge on any atom is 0.166 e. The second kappa shape index (κ2) is 5.87. The Bertz CT molecular complexity index is 422. The summed E-state index contributed by atoms with van der Waals surface area (Å²) in [6.45, 7) is 5.66. The van der Waals surface area contributed by atoms with Gasteiger partial charge < -0.3 is 10.4 Å². The highest BCUT2D eigenvalue weighted by Crippen LogP contribution is 2.35. The van der Waals surface area contributed by atoms with E-state index in [1.165, 1.54) is 0 Å². The Kier molecular flexibility index (Phi) is 4.43. The third-order valence-electron chi connectivity index (χ3n) is 3.40. The Hall–Kier alpha value is -0.840. The largest absolute Gasteiger partial charge is 0.505 e. The Labute approximate surface area is 112 Å². The summed E-state index contributed by atoms with van der Waals surface area (Å²) in [4.78, 5) is 2.25. The molecule has 0 amide bonds. The molecule has 1 aliphatic rings. The molecule has 0 spiro atoms. The van der Waals surface area contributed by atoms with Crippen LogP contribution in [-0.2, 0) is 0 Å². The fourth-order valence-corrected chi connectivity index (χ4v) is 2.72. The Morgan fingerprint density at radius 2 is 2.11 bits per heavy atom. The molecule has 3 nitrogen and oxygen atoms in total. The zero-order chi connectivity index (χ0) is 13.1. The highest BCUT2D eigenvalue weighted by molar-refractivity contribution is 6.30. The second-order valence-electron chi connectivity index (χ2n) is 4.54. The minimum Gasteiger partial charge on any atom is -0.505 e. The Balaban J connectivity index is 2.31. The van der Waals surface area contributed by atoms with E-state index in [0.717, 1.165) is 38.7 Å². The molecule has 18 heavy (non-hydrogen) atoms. The average molecular weight is 273 g/mol. The van der Waals surface area contributed by atoms with Crippen LogP contribution in [0.5, 0.6) is 5.75 Å². The van der Waals surface area contributed by atoms with Crippen LogP contribution in [0.25, 0.3) is 0 Å². The lowest BCUT2D eigenvalue weighted by molar-refractivity contribution is 0.166. The van der Waals surface area contributed by atoms with Crippen molar-refractivity contribution in [3.05, 3.63) is 28.5 Å². The number of hydrogen-bond donors (Lipinski definition) is 2. The standard InChI is InChI=1S/C13H18ClFN2O/c1-2-12(17-5-3-16-4-6-17)10-7-9(14)8-11(15)13(10)18/h7-8,12,16,18H,2-6H2,1H3/t12-/m1/s1. The van der Waals surface area contributed by atoms with E-state index in [9.17, 15) is 9.50 Å². The third-order valence-corrected chi connectivity index (χ3v) is 3.61. The lowest BCUT2D eigenvalue weighted by Gasteiger charge is -2.35. The van der Waals surface area contributed by atoms with Crippen molar-refractivity contribution in [2.75, 3.05) is 26.2 Å². The molecule has 2 rings (SSSR count). The highest BCUT2D eigenvalue weighted by atomic mass is 35.5. The van der Waals surface area contributed by atoms with Gasteiger partial charge in [-0.05, 0) is 18.6 Å². The Morgan fingerprint density at radius 1 is 1.44 bits per heavy atom. The van der Waals surface area contributed by atoms with Crippen molar-refractivity contribution in [3.8, 4) is 5.75 Å². The normalized spacial score (nSPS) is 18.8. The number of nitrogens with one attached hydrogen (secondary N) is 1. The number of rotatable bonds is 3. The van der Waals surface area contributed by atoms with Gasteiger partial charge in [0.1, 0.15) is 0 Å². The predicted octanol–water partition coefficient (Wildman–Crippen LogP) is 2.54. The summed E-state index contributed by atoms with van der Waals surface area (Å²) in [5.41, 5.74) is 0.587. The first kappa shape index (κ1) is 13.6. The molecule has 1 aromatic carbocycles. The molecule has 1 saturated heterocycles. The van der Waals surface area contributed by atoms with Crippen LogP contribution < -0.4 is 5.32 Å². The summed E-state index contributed by atoms with van der Waals surface area (Å²) >= 11 is 5.88. The number of aromatic hydroxyl groups is 1. The van der Waals surface area contributed by atoms with Gasteiger partial charge >= 0.3 is 0 Å². The van der Waals surface area contributed by atoms with Crippen LogP contribution in [0.2, 0.25) is 5.02 Å². The average Bonchev–Trinajstić information content (AvgIpc) is 2.37. The molecule has 5 heteroatoms. The van der Waals surface area contributed by atoms with E-state index < -0.39 is 5.82 Å². The maximum atomic E-state index is 13.5. The first-order chi connectivity index (χ1) is 8.63. The molecule has 2 N–H and O–H groups in total. The van der Waals surface area contributed by atoms with Crippen LogP contribution in [0, 0.1) is 5.82 Å². The van der Waals surface area contributed by atoms with Crippen molar-refractivity contribution < 1.29 is 9.50 Å². The molecular weight excluding hydrogens is 255 g/mol. The SMILES string of the molecule is CC[C@H](c1cc(Cl)cc(F)c1O)N1CCNCC1. The molecular formula is C13H18ClFN2O. The zero-order valence-corrected chi connectivity index (χ0v) is 11.2. The molecule has 1 aromatic rings. The van der Waals surface area contributed by atoms with Gasteiger partial charge in [0.2, 0.25) is 0 Å². The van der Waals surface area contributed by atoms with Gasteiger partial charge in [0, 0.05) is 42.8 Å². The molecule has 1 heterocycles. The summed E-state index contributed by atoms with van der Waals surface area (Å²) in [5.74, 6) is -0.920. The summed E-state index contributed by atoms with van der Waals surface area (Å²) in [6.07, 6.45) is 0.813. The van der Waals surface area contributed by atoms with E-state index in [1.54, 1.807) is 6.07 Å². The quantitative estimate of drug-likeness (QED) is 0.888. The number of halogens is 2. The van der Waals surface area contributed by atoms with Crippen molar-refractivity contribution >= 4 is 11.6 Å². The van der Waals surface area contributed by atoms with Gasteiger partial charge in [-0.25, -0.2) is 4.39 Å².